The molecule has 0 N–H and O–H groups in total. The molecule has 0 aliphatic carbocycles. The number of rotatable bonds is 5. The first-order valence-corrected chi connectivity index (χ1v) is 11.2. The zero-order chi connectivity index (χ0) is 24.7. The van der Waals surface area contributed by atoms with Gasteiger partial charge in [-0.3, -0.25) is 14.9 Å². The first kappa shape index (κ1) is 22.9. The monoisotopic (exact) mass is 493 g/mol. The summed E-state index contributed by atoms with van der Waals surface area (Å²) in [6.07, 6.45) is 0. The standard InChI is InChI=1S/C26H20ClNO7/c1-14-7-20-22(8-15(14)2)35-25(19-5-3-4-6-21(19)27)26(23(20)29)33-12-17-10-18(28(30)31)9-16-11-32-13-34-24(16)17/h3-10H,11-13H2,1-2H3. The highest BCUT2D eigenvalue weighted by Crippen LogP contribution is 2.38. The van der Waals surface area contributed by atoms with Crippen LogP contribution in [-0.4, -0.2) is 11.7 Å². The summed E-state index contributed by atoms with van der Waals surface area (Å²) in [5.41, 5.74) is 3.27. The summed E-state index contributed by atoms with van der Waals surface area (Å²) in [6.45, 7) is 3.86. The Morgan fingerprint density at radius 3 is 2.66 bits per heavy atom. The summed E-state index contributed by atoms with van der Waals surface area (Å²) in [5.74, 6) is 0.582. The Morgan fingerprint density at radius 2 is 1.89 bits per heavy atom. The topological polar surface area (TPSA) is 101 Å². The number of hydrogen-bond donors (Lipinski definition) is 0. The lowest BCUT2D eigenvalue weighted by molar-refractivity contribution is -0.385. The van der Waals surface area contributed by atoms with E-state index < -0.39 is 4.92 Å². The summed E-state index contributed by atoms with van der Waals surface area (Å²) in [5, 5.41) is 12.2. The third kappa shape index (κ3) is 4.22. The summed E-state index contributed by atoms with van der Waals surface area (Å²) in [4.78, 5) is 24.6. The van der Waals surface area contributed by atoms with E-state index in [4.69, 9.17) is 30.2 Å². The van der Waals surface area contributed by atoms with Crippen molar-refractivity contribution >= 4 is 28.3 Å². The maximum Gasteiger partial charge on any atom is 0.270 e. The SMILES string of the molecule is Cc1cc2oc(-c3ccccc3Cl)c(OCc3cc([N+](=O)[O-])cc4c3OCOC4)c(=O)c2cc1C. The molecular weight excluding hydrogens is 474 g/mol. The Hall–Kier alpha value is -3.88. The van der Waals surface area contributed by atoms with Crippen LogP contribution in [-0.2, 0) is 18.0 Å². The van der Waals surface area contributed by atoms with Crippen LogP contribution in [0, 0.1) is 24.0 Å². The zero-order valence-electron chi connectivity index (χ0n) is 18.9. The minimum Gasteiger partial charge on any atom is -0.481 e. The van der Waals surface area contributed by atoms with E-state index in [1.807, 2.05) is 13.8 Å². The number of non-ortho nitro benzene ring substituents is 1. The van der Waals surface area contributed by atoms with Gasteiger partial charge >= 0.3 is 0 Å². The number of halogens is 1. The average molecular weight is 494 g/mol. The quantitative estimate of drug-likeness (QED) is 0.245. The van der Waals surface area contributed by atoms with Gasteiger partial charge in [-0.1, -0.05) is 23.7 Å². The van der Waals surface area contributed by atoms with Gasteiger partial charge in [-0.05, 0) is 49.2 Å². The molecule has 0 atom stereocenters. The first-order valence-electron chi connectivity index (χ1n) is 10.8. The van der Waals surface area contributed by atoms with E-state index in [0.717, 1.165) is 11.1 Å². The molecule has 0 unspecified atom stereocenters. The molecule has 2 heterocycles. The van der Waals surface area contributed by atoms with Crippen LogP contribution >= 0.6 is 11.6 Å². The van der Waals surface area contributed by atoms with Crippen LogP contribution in [0.15, 0.2) is 57.7 Å². The largest absolute Gasteiger partial charge is 0.481 e. The van der Waals surface area contributed by atoms with Crippen LogP contribution in [0.2, 0.25) is 5.02 Å². The molecule has 0 saturated heterocycles. The lowest BCUT2D eigenvalue weighted by atomic mass is 10.0. The molecule has 3 aromatic carbocycles. The normalized spacial score (nSPS) is 12.8. The van der Waals surface area contributed by atoms with Gasteiger partial charge < -0.3 is 18.6 Å². The van der Waals surface area contributed by atoms with Crippen LogP contribution in [0.5, 0.6) is 11.5 Å². The van der Waals surface area contributed by atoms with E-state index in [2.05, 4.69) is 0 Å². The molecule has 35 heavy (non-hydrogen) atoms. The molecule has 8 nitrogen and oxygen atoms in total. The van der Waals surface area contributed by atoms with E-state index in [-0.39, 0.29) is 42.6 Å². The van der Waals surface area contributed by atoms with Crippen LogP contribution in [0.3, 0.4) is 0 Å². The summed E-state index contributed by atoms with van der Waals surface area (Å²) < 4.78 is 23.1. The molecule has 1 aliphatic heterocycles. The molecule has 0 spiro atoms. The second kappa shape index (κ2) is 9.05. The van der Waals surface area contributed by atoms with Crippen LogP contribution in [0.4, 0.5) is 5.69 Å². The van der Waals surface area contributed by atoms with E-state index in [0.29, 0.717) is 38.4 Å². The molecule has 5 rings (SSSR count). The van der Waals surface area contributed by atoms with Gasteiger partial charge in [-0.15, -0.1) is 0 Å². The fourth-order valence-electron chi connectivity index (χ4n) is 4.03. The second-order valence-electron chi connectivity index (χ2n) is 8.25. The summed E-state index contributed by atoms with van der Waals surface area (Å²) in [6, 6.07) is 13.3. The predicted molar refractivity (Wildman–Crippen MR) is 130 cm³/mol. The van der Waals surface area contributed by atoms with Crippen molar-refractivity contribution in [2.24, 2.45) is 0 Å². The number of fused-ring (bicyclic) bond motifs is 2. The van der Waals surface area contributed by atoms with Gasteiger partial charge in [0.2, 0.25) is 11.2 Å². The molecule has 0 radical (unpaired) electrons. The lowest BCUT2D eigenvalue weighted by Gasteiger charge is -2.21. The molecular formula is C26H20ClNO7. The van der Waals surface area contributed by atoms with Gasteiger partial charge in [-0.25, -0.2) is 0 Å². The molecule has 0 amide bonds. The van der Waals surface area contributed by atoms with Gasteiger partial charge in [0.15, 0.2) is 12.6 Å². The summed E-state index contributed by atoms with van der Waals surface area (Å²) >= 11 is 6.43. The molecule has 1 aromatic heterocycles. The smallest absolute Gasteiger partial charge is 0.270 e. The van der Waals surface area contributed by atoms with Gasteiger partial charge in [0.05, 0.1) is 21.9 Å². The van der Waals surface area contributed by atoms with E-state index in [9.17, 15) is 14.9 Å². The van der Waals surface area contributed by atoms with E-state index in [1.165, 1.54) is 12.1 Å². The Bertz CT molecular complexity index is 1540. The van der Waals surface area contributed by atoms with Crippen molar-refractivity contribution in [2.75, 3.05) is 6.79 Å². The Kier molecular flexibility index (Phi) is 5.92. The number of nitrogens with zero attached hydrogens (tertiary/aromatic N) is 1. The van der Waals surface area contributed by atoms with Crippen molar-refractivity contribution in [3.8, 4) is 22.8 Å². The molecule has 0 saturated carbocycles. The highest BCUT2D eigenvalue weighted by molar-refractivity contribution is 6.33. The van der Waals surface area contributed by atoms with Gasteiger partial charge in [0.1, 0.15) is 17.9 Å². The highest BCUT2D eigenvalue weighted by Gasteiger charge is 2.24. The van der Waals surface area contributed by atoms with Crippen LogP contribution in [0.25, 0.3) is 22.3 Å². The van der Waals surface area contributed by atoms with Crippen molar-refractivity contribution in [1.82, 2.24) is 0 Å². The predicted octanol–water partition coefficient (Wildman–Crippen LogP) is 6.08. The number of hydrogen-bond acceptors (Lipinski definition) is 7. The fourth-order valence-corrected chi connectivity index (χ4v) is 4.25. The zero-order valence-corrected chi connectivity index (χ0v) is 19.7. The number of nitro groups is 1. The number of aryl methyl sites for hydroxylation is 2. The van der Waals surface area contributed by atoms with Gasteiger partial charge in [-0.2, -0.15) is 0 Å². The molecule has 9 heteroatoms. The maximum atomic E-state index is 13.6. The number of nitro benzene ring substituents is 1. The number of ether oxygens (including phenoxy) is 3. The first-order chi connectivity index (χ1) is 16.8. The van der Waals surface area contributed by atoms with E-state index in [1.54, 1.807) is 36.4 Å². The van der Waals surface area contributed by atoms with Crippen molar-refractivity contribution in [2.45, 2.75) is 27.1 Å². The van der Waals surface area contributed by atoms with Crippen molar-refractivity contribution in [3.63, 3.8) is 0 Å². The molecule has 0 bridgehead atoms. The fraction of sp³-hybridized carbons (Fsp3) is 0.192. The highest BCUT2D eigenvalue weighted by atomic mass is 35.5. The van der Waals surface area contributed by atoms with Gasteiger partial charge in [0.25, 0.3) is 5.69 Å². The molecule has 178 valence electrons. The van der Waals surface area contributed by atoms with Crippen LogP contribution < -0.4 is 14.9 Å². The van der Waals surface area contributed by atoms with Crippen molar-refractivity contribution in [1.29, 1.82) is 0 Å². The average Bonchev–Trinajstić information content (AvgIpc) is 2.84. The lowest BCUT2D eigenvalue weighted by Crippen LogP contribution is -2.16. The number of benzene rings is 3. The minimum atomic E-state index is -0.497. The van der Waals surface area contributed by atoms with Crippen molar-refractivity contribution in [3.05, 3.63) is 96.1 Å². The summed E-state index contributed by atoms with van der Waals surface area (Å²) in [7, 11) is 0. The maximum absolute atomic E-state index is 13.6. The minimum absolute atomic E-state index is 0.0133. The van der Waals surface area contributed by atoms with Crippen LogP contribution in [0.1, 0.15) is 22.3 Å². The molecule has 0 fully saturated rings. The van der Waals surface area contributed by atoms with E-state index >= 15 is 0 Å². The van der Waals surface area contributed by atoms with Gasteiger partial charge in [0, 0.05) is 28.8 Å². The van der Waals surface area contributed by atoms with Crippen molar-refractivity contribution < 1.29 is 23.6 Å². The Balaban J connectivity index is 1.66. The molecule has 4 aromatic rings. The Morgan fingerprint density at radius 1 is 1.11 bits per heavy atom. The third-order valence-corrected chi connectivity index (χ3v) is 6.27. The Labute approximate surface area is 204 Å². The molecule has 1 aliphatic rings. The second-order valence-corrected chi connectivity index (χ2v) is 8.66. The third-order valence-electron chi connectivity index (χ3n) is 5.94.